The SMILES string of the molecule is COc1cc(C=CC(=O)OCC(=O)c2c(N)n(CC(C)C)c(=O)n(C)c2=O)cc(OC)c1OC. The fourth-order valence-corrected chi connectivity index (χ4v) is 3.21. The van der Waals surface area contributed by atoms with Crippen LogP contribution in [0.25, 0.3) is 6.08 Å². The van der Waals surface area contributed by atoms with Gasteiger partial charge in [-0.25, -0.2) is 9.59 Å². The Morgan fingerprint density at radius 2 is 1.65 bits per heavy atom. The van der Waals surface area contributed by atoms with E-state index < -0.39 is 35.2 Å². The summed E-state index contributed by atoms with van der Waals surface area (Å²) in [7, 11) is 5.65. The Hall–Kier alpha value is -4.02. The second-order valence-electron chi connectivity index (χ2n) is 7.73. The zero-order chi connectivity index (χ0) is 25.6. The summed E-state index contributed by atoms with van der Waals surface area (Å²) < 4.78 is 22.7. The fraction of sp³-hybridized carbons (Fsp3) is 0.391. The Labute approximate surface area is 196 Å². The molecule has 0 spiro atoms. The van der Waals surface area contributed by atoms with Crippen molar-refractivity contribution in [1.82, 2.24) is 9.13 Å². The van der Waals surface area contributed by atoms with Gasteiger partial charge in [-0.05, 0) is 29.7 Å². The first-order chi connectivity index (χ1) is 16.0. The average Bonchev–Trinajstić information content (AvgIpc) is 2.81. The fourth-order valence-electron chi connectivity index (χ4n) is 3.21. The molecule has 0 radical (unpaired) electrons. The monoisotopic (exact) mass is 475 g/mol. The van der Waals surface area contributed by atoms with Crippen molar-refractivity contribution < 1.29 is 28.5 Å². The van der Waals surface area contributed by atoms with E-state index in [2.05, 4.69) is 0 Å². The zero-order valence-corrected chi connectivity index (χ0v) is 20.0. The number of benzene rings is 1. The molecule has 0 aliphatic heterocycles. The van der Waals surface area contributed by atoms with Crippen molar-refractivity contribution in [1.29, 1.82) is 0 Å². The highest BCUT2D eigenvalue weighted by Gasteiger charge is 2.22. The molecule has 0 unspecified atom stereocenters. The molecule has 0 fully saturated rings. The van der Waals surface area contributed by atoms with Gasteiger partial charge in [-0.1, -0.05) is 13.8 Å². The van der Waals surface area contributed by atoms with Crippen molar-refractivity contribution in [3.63, 3.8) is 0 Å². The summed E-state index contributed by atoms with van der Waals surface area (Å²) in [5.74, 6) is -0.665. The Kier molecular flexibility index (Phi) is 8.65. The van der Waals surface area contributed by atoms with Crippen LogP contribution in [0.4, 0.5) is 5.82 Å². The minimum absolute atomic E-state index is 0.0404. The van der Waals surface area contributed by atoms with E-state index in [1.54, 1.807) is 12.1 Å². The molecule has 11 nitrogen and oxygen atoms in total. The van der Waals surface area contributed by atoms with E-state index in [1.165, 1.54) is 34.5 Å². The quantitative estimate of drug-likeness (QED) is 0.305. The van der Waals surface area contributed by atoms with Crippen LogP contribution in [0, 0.1) is 5.92 Å². The zero-order valence-electron chi connectivity index (χ0n) is 20.0. The largest absolute Gasteiger partial charge is 0.493 e. The van der Waals surface area contributed by atoms with E-state index in [0.29, 0.717) is 22.8 Å². The van der Waals surface area contributed by atoms with E-state index in [4.69, 9.17) is 24.7 Å². The maximum atomic E-state index is 12.6. The van der Waals surface area contributed by atoms with Crippen molar-refractivity contribution >= 4 is 23.6 Å². The van der Waals surface area contributed by atoms with Crippen molar-refractivity contribution in [3.8, 4) is 17.2 Å². The minimum atomic E-state index is -0.850. The van der Waals surface area contributed by atoms with Gasteiger partial charge in [-0.3, -0.25) is 18.7 Å². The van der Waals surface area contributed by atoms with Gasteiger partial charge in [0, 0.05) is 19.7 Å². The van der Waals surface area contributed by atoms with E-state index in [-0.39, 0.29) is 18.3 Å². The van der Waals surface area contributed by atoms with Crippen molar-refractivity contribution in [3.05, 3.63) is 50.2 Å². The first-order valence-electron chi connectivity index (χ1n) is 10.3. The number of aromatic nitrogens is 2. The molecular formula is C23H29N3O8. The van der Waals surface area contributed by atoms with E-state index in [9.17, 15) is 19.2 Å². The predicted octanol–water partition coefficient (Wildman–Crippen LogP) is 1.25. The van der Waals surface area contributed by atoms with Crippen LogP contribution in [0.2, 0.25) is 0 Å². The number of nitrogens with zero attached hydrogens (tertiary/aromatic N) is 2. The van der Waals surface area contributed by atoms with E-state index in [1.807, 2.05) is 13.8 Å². The molecule has 0 saturated heterocycles. The first-order valence-corrected chi connectivity index (χ1v) is 10.3. The van der Waals surface area contributed by atoms with E-state index >= 15 is 0 Å². The van der Waals surface area contributed by atoms with Crippen LogP contribution in [-0.4, -0.2) is 48.8 Å². The van der Waals surface area contributed by atoms with Gasteiger partial charge in [0.1, 0.15) is 11.4 Å². The molecule has 0 saturated carbocycles. The molecule has 2 rings (SSSR count). The molecule has 0 aliphatic rings. The Morgan fingerprint density at radius 3 is 2.15 bits per heavy atom. The number of carbonyl (C=O) groups is 2. The number of hydrogen-bond donors (Lipinski definition) is 1. The van der Waals surface area contributed by atoms with Crippen LogP contribution in [-0.2, 0) is 23.1 Å². The van der Waals surface area contributed by atoms with Crippen LogP contribution in [0.1, 0.15) is 29.8 Å². The second-order valence-corrected chi connectivity index (χ2v) is 7.73. The molecule has 2 N–H and O–H groups in total. The molecule has 0 amide bonds. The molecule has 0 aliphatic carbocycles. The topological polar surface area (TPSA) is 141 Å². The number of nitrogens with two attached hydrogens (primary N) is 1. The number of carbonyl (C=O) groups excluding carboxylic acids is 2. The summed E-state index contributed by atoms with van der Waals surface area (Å²) >= 11 is 0. The molecule has 2 aromatic rings. The van der Waals surface area contributed by atoms with Gasteiger partial charge in [-0.2, -0.15) is 0 Å². The summed E-state index contributed by atoms with van der Waals surface area (Å²) in [4.78, 5) is 49.6. The normalized spacial score (nSPS) is 11.0. The number of ketones is 1. The third-order valence-corrected chi connectivity index (χ3v) is 4.85. The highest BCUT2D eigenvalue weighted by atomic mass is 16.5. The standard InChI is InChI=1S/C23H29N3O8/c1-13(2)11-26-21(24)19(22(29)25(3)23(26)30)15(27)12-34-18(28)8-7-14-9-16(31-4)20(33-6)17(10-14)32-5/h7-10,13H,11-12,24H2,1-6H3. The highest BCUT2D eigenvalue weighted by molar-refractivity contribution is 6.02. The molecule has 1 aromatic heterocycles. The molecule has 0 bridgehead atoms. The molecule has 0 atom stereocenters. The number of ether oxygens (including phenoxy) is 4. The summed E-state index contributed by atoms with van der Waals surface area (Å²) in [5, 5.41) is 0. The number of anilines is 1. The lowest BCUT2D eigenvalue weighted by atomic mass is 10.1. The second kappa shape index (κ2) is 11.2. The van der Waals surface area contributed by atoms with Crippen molar-refractivity contribution in [2.45, 2.75) is 20.4 Å². The van der Waals surface area contributed by atoms with Crippen LogP contribution in [0.15, 0.2) is 27.8 Å². The maximum absolute atomic E-state index is 12.6. The van der Waals surface area contributed by atoms with Gasteiger partial charge in [-0.15, -0.1) is 0 Å². The van der Waals surface area contributed by atoms with Gasteiger partial charge in [0.05, 0.1) is 21.3 Å². The van der Waals surface area contributed by atoms with E-state index in [0.717, 1.165) is 15.2 Å². The molecule has 34 heavy (non-hydrogen) atoms. The van der Waals surface area contributed by atoms with Crippen LogP contribution in [0.5, 0.6) is 17.2 Å². The summed E-state index contributed by atoms with van der Waals surface area (Å²) in [6.07, 6.45) is 2.54. The van der Waals surface area contributed by atoms with Crippen molar-refractivity contribution in [2.24, 2.45) is 13.0 Å². The number of Topliss-reactive ketones (excluding diaryl/α,β-unsaturated/α-hetero) is 1. The molecular weight excluding hydrogens is 446 g/mol. The lowest BCUT2D eigenvalue weighted by Gasteiger charge is -2.16. The third kappa shape index (κ3) is 5.66. The summed E-state index contributed by atoms with van der Waals surface area (Å²) in [6, 6.07) is 3.25. The molecule has 11 heteroatoms. The lowest BCUT2D eigenvalue weighted by molar-refractivity contribution is -0.136. The maximum Gasteiger partial charge on any atom is 0.332 e. The number of rotatable bonds is 10. The molecule has 1 aromatic carbocycles. The number of nitrogen functional groups attached to an aromatic ring is 1. The lowest BCUT2D eigenvalue weighted by Crippen LogP contribution is -2.43. The minimum Gasteiger partial charge on any atom is -0.493 e. The van der Waals surface area contributed by atoms with Gasteiger partial charge < -0.3 is 24.7 Å². The highest BCUT2D eigenvalue weighted by Crippen LogP contribution is 2.38. The van der Waals surface area contributed by atoms with Gasteiger partial charge in [0.2, 0.25) is 11.5 Å². The van der Waals surface area contributed by atoms with Crippen molar-refractivity contribution in [2.75, 3.05) is 33.7 Å². The Balaban J connectivity index is 2.21. The van der Waals surface area contributed by atoms with Crippen LogP contribution >= 0.6 is 0 Å². The summed E-state index contributed by atoms with van der Waals surface area (Å²) in [6.45, 7) is 3.22. The van der Waals surface area contributed by atoms with Crippen LogP contribution < -0.4 is 31.2 Å². The summed E-state index contributed by atoms with van der Waals surface area (Å²) in [5.41, 5.74) is 4.64. The third-order valence-electron chi connectivity index (χ3n) is 4.85. The van der Waals surface area contributed by atoms with Gasteiger partial charge >= 0.3 is 11.7 Å². The number of methoxy groups -OCH3 is 3. The van der Waals surface area contributed by atoms with Gasteiger partial charge in [0.25, 0.3) is 5.56 Å². The van der Waals surface area contributed by atoms with Gasteiger partial charge in [0.15, 0.2) is 18.1 Å². The first kappa shape index (κ1) is 26.2. The number of esters is 1. The Bertz CT molecular complexity index is 1200. The molecule has 1 heterocycles. The Morgan fingerprint density at radius 1 is 1.06 bits per heavy atom. The van der Waals surface area contributed by atoms with Crippen LogP contribution in [0.3, 0.4) is 0 Å². The predicted molar refractivity (Wildman–Crippen MR) is 126 cm³/mol. The smallest absolute Gasteiger partial charge is 0.332 e. The number of hydrogen-bond acceptors (Lipinski definition) is 9. The average molecular weight is 475 g/mol. The molecule has 184 valence electrons.